The molecule has 0 aliphatic heterocycles. The van der Waals surface area contributed by atoms with Gasteiger partial charge in [-0.2, -0.15) is 0 Å². The van der Waals surface area contributed by atoms with Crippen LogP contribution in [0.5, 0.6) is 0 Å². The summed E-state index contributed by atoms with van der Waals surface area (Å²) >= 11 is 0. The van der Waals surface area contributed by atoms with Crippen LogP contribution in [0, 0.1) is 18.3 Å². The molecule has 4 heteroatoms. The topological polar surface area (TPSA) is 66.0 Å². The maximum Gasteiger partial charge on any atom is 0.131 e. The van der Waals surface area contributed by atoms with Gasteiger partial charge in [0.05, 0.1) is 0 Å². The minimum Gasteiger partial charge on any atom is -0.384 e. The van der Waals surface area contributed by atoms with Crippen LogP contribution in [0.1, 0.15) is 44.7 Å². The van der Waals surface area contributed by atoms with Crippen LogP contribution in [-0.4, -0.2) is 23.9 Å². The molecular formula is C15H26N4. The van der Waals surface area contributed by atoms with Gasteiger partial charge in [0.1, 0.15) is 11.7 Å². The highest BCUT2D eigenvalue weighted by atomic mass is 15.2. The lowest BCUT2D eigenvalue weighted by Crippen LogP contribution is -2.30. The molecule has 19 heavy (non-hydrogen) atoms. The van der Waals surface area contributed by atoms with Crippen molar-refractivity contribution in [2.24, 2.45) is 11.7 Å². The van der Waals surface area contributed by atoms with Crippen molar-refractivity contribution < 1.29 is 0 Å². The summed E-state index contributed by atoms with van der Waals surface area (Å²) in [5.41, 5.74) is 7.28. The molecule has 0 saturated carbocycles. The molecule has 1 rings (SSSR count). The molecule has 0 amide bonds. The molecule has 4 nitrogen and oxygen atoms in total. The second-order valence-electron chi connectivity index (χ2n) is 5.24. The lowest BCUT2D eigenvalue weighted by atomic mass is 10.1. The minimum atomic E-state index is 0.0751. The summed E-state index contributed by atoms with van der Waals surface area (Å²) in [4.78, 5) is 6.85. The summed E-state index contributed by atoms with van der Waals surface area (Å²) in [6, 6.07) is 1.95. The van der Waals surface area contributed by atoms with Gasteiger partial charge in [-0.1, -0.05) is 27.2 Å². The summed E-state index contributed by atoms with van der Waals surface area (Å²) in [7, 11) is 0. The number of nitrogens with two attached hydrogens (primary N) is 1. The number of aryl methyl sites for hydroxylation is 1. The maximum absolute atomic E-state index is 7.46. The molecule has 3 N–H and O–H groups in total. The Labute approximate surface area is 116 Å². The van der Waals surface area contributed by atoms with E-state index in [-0.39, 0.29) is 5.84 Å². The van der Waals surface area contributed by atoms with Gasteiger partial charge >= 0.3 is 0 Å². The Bertz CT molecular complexity index is 428. The number of nitrogens with one attached hydrogen (secondary N) is 1. The highest BCUT2D eigenvalue weighted by Gasteiger charge is 2.13. The van der Waals surface area contributed by atoms with Crippen LogP contribution in [0.3, 0.4) is 0 Å². The smallest absolute Gasteiger partial charge is 0.131 e. The number of rotatable bonds is 7. The van der Waals surface area contributed by atoms with Crippen LogP contribution in [0.15, 0.2) is 12.3 Å². The zero-order valence-electron chi connectivity index (χ0n) is 12.5. The number of hydrogen-bond donors (Lipinski definition) is 2. The Morgan fingerprint density at radius 3 is 2.63 bits per heavy atom. The van der Waals surface area contributed by atoms with Gasteiger partial charge in [-0.15, -0.1) is 0 Å². The highest BCUT2D eigenvalue weighted by Crippen LogP contribution is 2.20. The summed E-state index contributed by atoms with van der Waals surface area (Å²) in [6.07, 6.45) is 3.97. The first-order valence-corrected chi connectivity index (χ1v) is 7.05. The predicted molar refractivity (Wildman–Crippen MR) is 81.9 cm³/mol. The Balaban J connectivity index is 2.98. The third kappa shape index (κ3) is 4.23. The van der Waals surface area contributed by atoms with E-state index in [1.54, 1.807) is 6.20 Å². The molecule has 0 aromatic carbocycles. The van der Waals surface area contributed by atoms with Gasteiger partial charge in [0.25, 0.3) is 0 Å². The fourth-order valence-corrected chi connectivity index (χ4v) is 2.10. The monoisotopic (exact) mass is 262 g/mol. The molecule has 0 aliphatic rings. The Morgan fingerprint density at radius 1 is 1.47 bits per heavy atom. The normalized spacial score (nSPS) is 12.2. The fraction of sp³-hybridized carbons (Fsp3) is 0.600. The van der Waals surface area contributed by atoms with Crippen LogP contribution < -0.4 is 10.6 Å². The van der Waals surface area contributed by atoms with Gasteiger partial charge in [-0.25, -0.2) is 4.98 Å². The first kappa shape index (κ1) is 15.5. The SMILES string of the molecule is CCCN(CC(C)CC)c1ncc(C(=N)N)cc1C. The first-order valence-electron chi connectivity index (χ1n) is 7.05. The lowest BCUT2D eigenvalue weighted by molar-refractivity contribution is 0.538. The van der Waals surface area contributed by atoms with Crippen LogP contribution in [0.4, 0.5) is 5.82 Å². The molecule has 106 valence electrons. The van der Waals surface area contributed by atoms with Crippen molar-refractivity contribution in [2.45, 2.75) is 40.5 Å². The van der Waals surface area contributed by atoms with E-state index in [0.717, 1.165) is 30.9 Å². The van der Waals surface area contributed by atoms with Crippen LogP contribution >= 0.6 is 0 Å². The number of amidine groups is 1. The number of aromatic nitrogens is 1. The molecule has 1 aromatic rings. The van der Waals surface area contributed by atoms with Crippen molar-refractivity contribution in [1.29, 1.82) is 5.41 Å². The molecule has 0 aliphatic carbocycles. The number of nitrogen functional groups attached to an aromatic ring is 1. The van der Waals surface area contributed by atoms with Crippen molar-refractivity contribution >= 4 is 11.7 Å². The van der Waals surface area contributed by atoms with Gasteiger partial charge in [-0.05, 0) is 30.9 Å². The summed E-state index contributed by atoms with van der Waals surface area (Å²) in [6.45, 7) is 10.7. The zero-order chi connectivity index (χ0) is 14.4. The number of anilines is 1. The van der Waals surface area contributed by atoms with Gasteiger partial charge < -0.3 is 10.6 Å². The fourth-order valence-electron chi connectivity index (χ4n) is 2.10. The van der Waals surface area contributed by atoms with Gasteiger partial charge in [0.2, 0.25) is 0 Å². The molecule has 0 saturated heterocycles. The summed E-state index contributed by atoms with van der Waals surface area (Å²) < 4.78 is 0. The van der Waals surface area contributed by atoms with Crippen molar-refractivity contribution in [1.82, 2.24) is 4.98 Å². The summed E-state index contributed by atoms with van der Waals surface area (Å²) in [5.74, 6) is 1.75. The third-order valence-corrected chi connectivity index (χ3v) is 3.38. The lowest BCUT2D eigenvalue weighted by Gasteiger charge is -2.27. The van der Waals surface area contributed by atoms with Crippen molar-refractivity contribution in [3.8, 4) is 0 Å². The highest BCUT2D eigenvalue weighted by molar-refractivity contribution is 5.95. The molecule has 1 unspecified atom stereocenters. The quantitative estimate of drug-likeness (QED) is 0.586. The number of nitrogens with zero attached hydrogens (tertiary/aromatic N) is 2. The second kappa shape index (κ2) is 7.12. The predicted octanol–water partition coefficient (Wildman–Crippen LogP) is 2.94. The molecule has 1 atom stereocenters. The molecule has 0 radical (unpaired) electrons. The van der Waals surface area contributed by atoms with Crippen molar-refractivity contribution in [3.05, 3.63) is 23.4 Å². The van der Waals surface area contributed by atoms with Gasteiger partial charge in [0.15, 0.2) is 0 Å². The van der Waals surface area contributed by atoms with E-state index in [1.165, 1.54) is 6.42 Å². The van der Waals surface area contributed by atoms with E-state index in [4.69, 9.17) is 11.1 Å². The standard InChI is InChI=1S/C15H26N4/c1-5-7-19(10-11(3)6-2)15-12(4)8-13(9-18-15)14(16)17/h8-9,11H,5-7,10H2,1-4H3,(H3,16,17). The van der Waals surface area contributed by atoms with Crippen molar-refractivity contribution in [3.63, 3.8) is 0 Å². The number of pyridine rings is 1. The van der Waals surface area contributed by atoms with E-state index >= 15 is 0 Å². The molecule has 0 bridgehead atoms. The molecule has 1 heterocycles. The molecular weight excluding hydrogens is 236 g/mol. The maximum atomic E-state index is 7.46. The second-order valence-corrected chi connectivity index (χ2v) is 5.24. The van der Waals surface area contributed by atoms with E-state index < -0.39 is 0 Å². The van der Waals surface area contributed by atoms with Crippen LogP contribution in [0.2, 0.25) is 0 Å². The largest absolute Gasteiger partial charge is 0.384 e. The number of hydrogen-bond acceptors (Lipinski definition) is 3. The Morgan fingerprint density at radius 2 is 2.16 bits per heavy atom. The van der Waals surface area contributed by atoms with Crippen LogP contribution in [0.25, 0.3) is 0 Å². The van der Waals surface area contributed by atoms with E-state index in [0.29, 0.717) is 11.5 Å². The van der Waals surface area contributed by atoms with Gasteiger partial charge in [0, 0.05) is 24.8 Å². The first-order chi connectivity index (χ1) is 8.99. The Kier molecular flexibility index (Phi) is 5.80. The molecule has 0 spiro atoms. The van der Waals surface area contributed by atoms with Crippen LogP contribution in [-0.2, 0) is 0 Å². The van der Waals surface area contributed by atoms with Crippen molar-refractivity contribution in [2.75, 3.05) is 18.0 Å². The Hall–Kier alpha value is -1.58. The molecule has 1 aromatic heterocycles. The minimum absolute atomic E-state index is 0.0751. The molecule has 0 fully saturated rings. The van der Waals surface area contributed by atoms with E-state index in [9.17, 15) is 0 Å². The average molecular weight is 262 g/mol. The average Bonchev–Trinajstić information content (AvgIpc) is 2.37. The third-order valence-electron chi connectivity index (χ3n) is 3.38. The zero-order valence-corrected chi connectivity index (χ0v) is 12.5. The van der Waals surface area contributed by atoms with Gasteiger partial charge in [-0.3, -0.25) is 5.41 Å². The van der Waals surface area contributed by atoms with E-state index in [1.807, 2.05) is 13.0 Å². The van der Waals surface area contributed by atoms with E-state index in [2.05, 4.69) is 30.7 Å². The summed E-state index contributed by atoms with van der Waals surface area (Å²) in [5, 5.41) is 7.46.